The summed E-state index contributed by atoms with van der Waals surface area (Å²) in [7, 11) is -0.136. The molecule has 10 heteroatoms. The molecule has 0 saturated carbocycles. The van der Waals surface area contributed by atoms with Crippen molar-refractivity contribution < 1.29 is 22.5 Å². The predicted molar refractivity (Wildman–Crippen MR) is 125 cm³/mol. The normalized spacial score (nSPS) is 18.6. The van der Waals surface area contributed by atoms with E-state index in [1.807, 2.05) is 6.07 Å². The summed E-state index contributed by atoms with van der Waals surface area (Å²) < 4.78 is 53.0. The Morgan fingerprint density at radius 2 is 1.88 bits per heavy atom. The molecular weight excluding hydrogens is 472 g/mol. The molecule has 2 saturated heterocycles. The van der Waals surface area contributed by atoms with E-state index in [0.29, 0.717) is 32.6 Å². The third-order valence-electron chi connectivity index (χ3n) is 6.32. The van der Waals surface area contributed by atoms with Gasteiger partial charge in [-0.2, -0.15) is 0 Å². The van der Waals surface area contributed by atoms with Crippen LogP contribution in [-0.4, -0.2) is 65.6 Å². The number of ether oxygens (including phenoxy) is 2. The van der Waals surface area contributed by atoms with Gasteiger partial charge in [-0.05, 0) is 30.3 Å². The molecule has 2 fully saturated rings. The Balaban J connectivity index is 1.47. The number of nitrogens with zero attached hydrogens (tertiary/aromatic N) is 3. The van der Waals surface area contributed by atoms with Crippen LogP contribution in [0.25, 0.3) is 10.9 Å². The van der Waals surface area contributed by atoms with Crippen LogP contribution in [0.2, 0.25) is 5.02 Å². The van der Waals surface area contributed by atoms with E-state index in [1.165, 1.54) is 10.2 Å². The second-order valence-corrected chi connectivity index (χ2v) is 9.97. The van der Waals surface area contributed by atoms with Crippen molar-refractivity contribution >= 4 is 39.2 Å². The molecule has 6 nitrogen and oxygen atoms in total. The highest BCUT2D eigenvalue weighted by Gasteiger charge is 2.30. The number of rotatable bonds is 6. The summed E-state index contributed by atoms with van der Waals surface area (Å²) in [5.74, 6) is 0.685. The molecule has 0 spiro atoms. The molecule has 5 rings (SSSR count). The molecule has 0 N–H and O–H groups in total. The largest absolute Gasteiger partial charge is 0.495 e. The first-order valence-electron chi connectivity index (χ1n) is 10.7. The number of piperazine rings is 1. The fourth-order valence-electron chi connectivity index (χ4n) is 4.41. The minimum atomic E-state index is -2.68. The average Bonchev–Trinajstić information content (AvgIpc) is 3.16. The number of aromatic nitrogens is 1. The maximum atomic E-state index is 13.6. The van der Waals surface area contributed by atoms with E-state index in [0.717, 1.165) is 45.1 Å². The minimum absolute atomic E-state index is 0.167. The molecule has 176 valence electrons. The van der Waals surface area contributed by atoms with Crippen molar-refractivity contribution in [2.45, 2.75) is 17.4 Å². The quantitative estimate of drug-likeness (QED) is 0.509. The second kappa shape index (κ2) is 9.21. The Bertz CT molecular complexity index is 1190. The van der Waals surface area contributed by atoms with E-state index in [9.17, 15) is 13.0 Å². The minimum Gasteiger partial charge on any atom is -0.495 e. The molecule has 3 aromatic rings. The maximum absolute atomic E-state index is 13.6. The molecule has 3 heterocycles. The Morgan fingerprint density at radius 1 is 1.12 bits per heavy atom. The van der Waals surface area contributed by atoms with E-state index in [2.05, 4.69) is 9.80 Å². The zero-order valence-electron chi connectivity index (χ0n) is 18.0. The first-order chi connectivity index (χ1) is 16.0. The standard InChI is InChI=1S/C23H24ClF2N3O3S/c1-31-22-5-3-17(11-21(22)28-8-6-27(7-9-28)16-13-32-14-16)33(30)29-12-19(23(25)26)18-4-2-15(24)10-20(18)29/h2-5,10-12,16,23H,6-9,13-14H2,1H3. The van der Waals surface area contributed by atoms with Gasteiger partial charge in [0, 0.05) is 48.3 Å². The maximum Gasteiger partial charge on any atom is 0.265 e. The van der Waals surface area contributed by atoms with Crippen molar-refractivity contribution in [2.24, 2.45) is 0 Å². The summed E-state index contributed by atoms with van der Waals surface area (Å²) in [6.07, 6.45) is -1.43. The monoisotopic (exact) mass is 495 g/mol. The highest BCUT2D eigenvalue weighted by Crippen LogP contribution is 2.35. The number of halogens is 3. The van der Waals surface area contributed by atoms with Crippen LogP contribution in [0.1, 0.15) is 12.0 Å². The smallest absolute Gasteiger partial charge is 0.265 e. The summed E-state index contributed by atoms with van der Waals surface area (Å²) in [6.45, 7) is 4.99. The third-order valence-corrected chi connectivity index (χ3v) is 7.87. The third kappa shape index (κ3) is 4.23. The molecule has 0 radical (unpaired) electrons. The number of benzene rings is 2. The van der Waals surface area contributed by atoms with E-state index < -0.39 is 17.4 Å². The lowest BCUT2D eigenvalue weighted by Gasteiger charge is -2.43. The van der Waals surface area contributed by atoms with E-state index in [-0.39, 0.29) is 5.56 Å². The van der Waals surface area contributed by atoms with Crippen LogP contribution >= 0.6 is 11.6 Å². The van der Waals surface area contributed by atoms with Crippen molar-refractivity contribution in [2.75, 3.05) is 51.4 Å². The van der Waals surface area contributed by atoms with Gasteiger partial charge >= 0.3 is 0 Å². The molecule has 1 atom stereocenters. The number of alkyl halides is 2. The molecule has 0 aliphatic carbocycles. The summed E-state index contributed by atoms with van der Waals surface area (Å²) in [4.78, 5) is 5.14. The zero-order chi connectivity index (χ0) is 23.1. The van der Waals surface area contributed by atoms with Crippen LogP contribution in [0.4, 0.5) is 14.5 Å². The predicted octanol–water partition coefficient (Wildman–Crippen LogP) is 4.33. The van der Waals surface area contributed by atoms with Gasteiger partial charge in [-0.3, -0.25) is 8.87 Å². The fourth-order valence-corrected chi connectivity index (χ4v) is 5.74. The van der Waals surface area contributed by atoms with Crippen LogP contribution in [0.5, 0.6) is 5.75 Å². The zero-order valence-corrected chi connectivity index (χ0v) is 19.6. The number of methoxy groups -OCH3 is 1. The number of hydrogen-bond donors (Lipinski definition) is 0. The molecule has 2 aliphatic heterocycles. The lowest BCUT2D eigenvalue weighted by atomic mass is 10.1. The van der Waals surface area contributed by atoms with Gasteiger partial charge in [0.15, 0.2) is 11.0 Å². The lowest BCUT2D eigenvalue weighted by Crippen LogP contribution is -2.56. The van der Waals surface area contributed by atoms with Gasteiger partial charge in [0.2, 0.25) is 0 Å². The Morgan fingerprint density at radius 3 is 2.52 bits per heavy atom. The van der Waals surface area contributed by atoms with E-state index in [1.54, 1.807) is 37.4 Å². The van der Waals surface area contributed by atoms with E-state index >= 15 is 0 Å². The van der Waals surface area contributed by atoms with Crippen LogP contribution < -0.4 is 9.64 Å². The average molecular weight is 496 g/mol. The SMILES string of the molecule is COc1ccc(S(=O)n2cc(C(F)F)c3ccc(Cl)cc32)cc1N1CCN(C2COC2)CC1. The molecule has 2 aromatic carbocycles. The van der Waals surface area contributed by atoms with Crippen LogP contribution in [-0.2, 0) is 15.7 Å². The number of fused-ring (bicyclic) bond motifs is 1. The summed E-state index contributed by atoms with van der Waals surface area (Å²) in [5.41, 5.74) is 1.08. The molecule has 1 aromatic heterocycles. The van der Waals surface area contributed by atoms with Gasteiger partial charge in [0.1, 0.15) is 5.75 Å². The first kappa shape index (κ1) is 22.6. The molecule has 0 bridgehead atoms. The molecule has 2 aliphatic rings. The Hall–Kier alpha value is -2.20. The van der Waals surface area contributed by atoms with Gasteiger partial charge in [-0.15, -0.1) is 0 Å². The lowest BCUT2D eigenvalue weighted by molar-refractivity contribution is -0.0660. The highest BCUT2D eigenvalue weighted by molar-refractivity contribution is 7.83. The Labute approximate surface area is 198 Å². The van der Waals surface area contributed by atoms with Gasteiger partial charge < -0.3 is 14.4 Å². The number of anilines is 1. The van der Waals surface area contributed by atoms with Crippen molar-refractivity contribution in [3.05, 3.63) is 53.2 Å². The fraction of sp³-hybridized carbons (Fsp3) is 0.391. The van der Waals surface area contributed by atoms with Crippen molar-refractivity contribution in [3.8, 4) is 5.75 Å². The molecular formula is C23H24ClF2N3O3S. The first-order valence-corrected chi connectivity index (χ1v) is 12.2. The molecule has 33 heavy (non-hydrogen) atoms. The highest BCUT2D eigenvalue weighted by atomic mass is 35.5. The van der Waals surface area contributed by atoms with Crippen molar-refractivity contribution in [3.63, 3.8) is 0 Å². The molecule has 0 amide bonds. The van der Waals surface area contributed by atoms with Gasteiger partial charge in [0.25, 0.3) is 6.43 Å². The second-order valence-electron chi connectivity index (χ2n) is 8.17. The summed E-state index contributed by atoms with van der Waals surface area (Å²) >= 11 is 6.11. The van der Waals surface area contributed by atoms with Crippen molar-refractivity contribution in [1.82, 2.24) is 8.87 Å². The van der Waals surface area contributed by atoms with Crippen molar-refractivity contribution in [1.29, 1.82) is 0 Å². The summed E-state index contributed by atoms with van der Waals surface area (Å²) in [5, 5.41) is 0.734. The number of hydrogen-bond acceptors (Lipinski definition) is 5. The summed E-state index contributed by atoms with van der Waals surface area (Å²) in [6, 6.07) is 10.5. The van der Waals surface area contributed by atoms with Gasteiger partial charge in [0.05, 0.1) is 42.5 Å². The topological polar surface area (TPSA) is 46.9 Å². The Kier molecular flexibility index (Phi) is 6.30. The van der Waals surface area contributed by atoms with E-state index in [4.69, 9.17) is 21.1 Å². The van der Waals surface area contributed by atoms with Crippen LogP contribution in [0.3, 0.4) is 0 Å². The van der Waals surface area contributed by atoms with Crippen LogP contribution in [0.15, 0.2) is 47.5 Å². The molecule has 1 unspecified atom stereocenters. The van der Waals surface area contributed by atoms with Crippen LogP contribution in [0, 0.1) is 0 Å². The van der Waals surface area contributed by atoms with Gasteiger partial charge in [-0.25, -0.2) is 13.0 Å². The van der Waals surface area contributed by atoms with Gasteiger partial charge in [-0.1, -0.05) is 17.7 Å².